The molecule has 0 aliphatic carbocycles. The number of nitrogens with two attached hydrogens (primary N) is 1. The molecule has 0 aromatic rings. The Morgan fingerprint density at radius 3 is 2.06 bits per heavy atom. The van der Waals surface area contributed by atoms with Crippen LogP contribution in [-0.4, -0.2) is 55.0 Å². The summed E-state index contributed by atoms with van der Waals surface area (Å²) in [5.41, 5.74) is 6.08. The Labute approximate surface area is 113 Å². The van der Waals surface area contributed by atoms with E-state index >= 15 is 0 Å². The number of hydrogen-bond donors (Lipinski definition) is 1. The van der Waals surface area contributed by atoms with Crippen molar-refractivity contribution in [1.82, 2.24) is 9.80 Å². The van der Waals surface area contributed by atoms with Crippen LogP contribution in [0.2, 0.25) is 0 Å². The summed E-state index contributed by atoms with van der Waals surface area (Å²) < 4.78 is 0. The van der Waals surface area contributed by atoms with E-state index < -0.39 is 0 Å². The van der Waals surface area contributed by atoms with E-state index in [4.69, 9.17) is 5.73 Å². The zero-order valence-electron chi connectivity index (χ0n) is 12.8. The largest absolute Gasteiger partial charge is 0.349 e. The van der Waals surface area contributed by atoms with Crippen molar-refractivity contribution in [3.8, 4) is 0 Å². The van der Waals surface area contributed by atoms with Crippen LogP contribution in [0, 0.1) is 0 Å². The van der Waals surface area contributed by atoms with E-state index in [-0.39, 0.29) is 11.4 Å². The van der Waals surface area contributed by atoms with Gasteiger partial charge in [0.2, 0.25) is 5.91 Å². The van der Waals surface area contributed by atoms with Gasteiger partial charge < -0.3 is 10.6 Å². The molecule has 0 radical (unpaired) electrons. The minimum Gasteiger partial charge on any atom is -0.349 e. The number of nitrogens with zero attached hydrogens (tertiary/aromatic N) is 2. The summed E-state index contributed by atoms with van der Waals surface area (Å²) >= 11 is 0. The van der Waals surface area contributed by atoms with Crippen molar-refractivity contribution in [2.24, 2.45) is 5.73 Å². The van der Waals surface area contributed by atoms with Crippen LogP contribution in [0.4, 0.5) is 0 Å². The van der Waals surface area contributed by atoms with Crippen LogP contribution < -0.4 is 5.73 Å². The van der Waals surface area contributed by atoms with Crippen LogP contribution >= 0.6 is 0 Å². The standard InChI is InChI=1S/C14H31N3O/c1-6-14(7-2,12-15)17(8-3)11-9-10-13(18)16(4)5/h6-12,15H2,1-5H3. The van der Waals surface area contributed by atoms with Crippen molar-refractivity contribution in [2.75, 3.05) is 33.7 Å². The van der Waals surface area contributed by atoms with Crippen molar-refractivity contribution in [1.29, 1.82) is 0 Å². The molecule has 2 N–H and O–H groups in total. The SMILES string of the molecule is CCN(CCCC(=O)N(C)C)C(CC)(CC)CN. The van der Waals surface area contributed by atoms with Gasteiger partial charge in [-0.25, -0.2) is 0 Å². The Morgan fingerprint density at radius 1 is 1.17 bits per heavy atom. The van der Waals surface area contributed by atoms with E-state index in [1.54, 1.807) is 4.90 Å². The Bertz CT molecular complexity index is 229. The summed E-state index contributed by atoms with van der Waals surface area (Å²) in [7, 11) is 3.62. The predicted octanol–water partition coefficient (Wildman–Crippen LogP) is 1.69. The molecule has 0 aliphatic rings. The van der Waals surface area contributed by atoms with E-state index in [2.05, 4.69) is 25.7 Å². The summed E-state index contributed by atoms with van der Waals surface area (Å²) in [4.78, 5) is 15.7. The number of amides is 1. The van der Waals surface area contributed by atoms with Gasteiger partial charge in [0, 0.05) is 32.6 Å². The van der Waals surface area contributed by atoms with Crippen LogP contribution in [0.5, 0.6) is 0 Å². The first-order chi connectivity index (χ1) is 8.47. The summed E-state index contributed by atoms with van der Waals surface area (Å²) in [5.74, 6) is 0.206. The maximum atomic E-state index is 11.6. The van der Waals surface area contributed by atoms with Gasteiger partial charge >= 0.3 is 0 Å². The van der Waals surface area contributed by atoms with Gasteiger partial charge in [0.05, 0.1) is 0 Å². The Kier molecular flexibility index (Phi) is 8.20. The molecule has 0 aromatic heterocycles. The highest BCUT2D eigenvalue weighted by molar-refractivity contribution is 5.75. The monoisotopic (exact) mass is 257 g/mol. The van der Waals surface area contributed by atoms with Crippen molar-refractivity contribution in [2.45, 2.75) is 52.0 Å². The third-order valence-electron chi connectivity index (χ3n) is 4.07. The van der Waals surface area contributed by atoms with Crippen LogP contribution in [0.3, 0.4) is 0 Å². The van der Waals surface area contributed by atoms with E-state index in [1.807, 2.05) is 14.1 Å². The molecular formula is C14H31N3O. The molecule has 0 saturated heterocycles. The molecule has 1 amide bonds. The van der Waals surface area contributed by atoms with E-state index in [0.717, 1.165) is 32.4 Å². The molecule has 18 heavy (non-hydrogen) atoms. The summed E-state index contributed by atoms with van der Waals surface area (Å²) in [6, 6.07) is 0. The molecule has 0 saturated carbocycles. The highest BCUT2D eigenvalue weighted by atomic mass is 16.2. The fourth-order valence-electron chi connectivity index (χ4n) is 2.49. The van der Waals surface area contributed by atoms with Crippen LogP contribution in [0.25, 0.3) is 0 Å². The zero-order chi connectivity index (χ0) is 14.2. The molecule has 0 unspecified atom stereocenters. The lowest BCUT2D eigenvalue weighted by Gasteiger charge is -2.42. The average molecular weight is 257 g/mol. The molecule has 0 heterocycles. The summed E-state index contributed by atoms with van der Waals surface area (Å²) in [6.07, 6.45) is 3.66. The van der Waals surface area contributed by atoms with E-state index in [0.29, 0.717) is 13.0 Å². The second kappa shape index (κ2) is 8.48. The maximum Gasteiger partial charge on any atom is 0.222 e. The van der Waals surface area contributed by atoms with Crippen molar-refractivity contribution in [3.63, 3.8) is 0 Å². The number of hydrogen-bond acceptors (Lipinski definition) is 3. The first-order valence-electron chi connectivity index (χ1n) is 7.12. The molecule has 0 spiro atoms. The van der Waals surface area contributed by atoms with Gasteiger partial charge in [-0.15, -0.1) is 0 Å². The van der Waals surface area contributed by atoms with Crippen molar-refractivity contribution in [3.05, 3.63) is 0 Å². The number of carbonyl (C=O) groups is 1. The molecule has 0 fully saturated rings. The molecular weight excluding hydrogens is 226 g/mol. The Balaban J connectivity index is 4.38. The second-order valence-electron chi connectivity index (χ2n) is 5.11. The topological polar surface area (TPSA) is 49.6 Å². The minimum atomic E-state index is 0.107. The number of likely N-dealkylation sites (N-methyl/N-ethyl adjacent to an activating group) is 1. The number of carbonyl (C=O) groups excluding carboxylic acids is 1. The lowest BCUT2D eigenvalue weighted by Crippen LogP contribution is -2.53. The van der Waals surface area contributed by atoms with Gasteiger partial charge in [-0.1, -0.05) is 20.8 Å². The fourth-order valence-corrected chi connectivity index (χ4v) is 2.49. The molecule has 0 rings (SSSR count). The molecule has 0 aromatic carbocycles. The summed E-state index contributed by atoms with van der Waals surface area (Å²) in [5, 5.41) is 0. The van der Waals surface area contributed by atoms with Crippen LogP contribution in [0.15, 0.2) is 0 Å². The number of rotatable bonds is 9. The Morgan fingerprint density at radius 2 is 1.72 bits per heavy atom. The predicted molar refractivity (Wildman–Crippen MR) is 77.5 cm³/mol. The van der Waals surface area contributed by atoms with Gasteiger partial charge in [-0.3, -0.25) is 9.69 Å². The second-order valence-corrected chi connectivity index (χ2v) is 5.11. The third kappa shape index (κ3) is 4.58. The molecule has 0 aliphatic heterocycles. The molecule has 0 bridgehead atoms. The molecule has 4 nitrogen and oxygen atoms in total. The van der Waals surface area contributed by atoms with E-state index in [9.17, 15) is 4.79 Å². The lowest BCUT2D eigenvalue weighted by atomic mass is 9.90. The smallest absolute Gasteiger partial charge is 0.222 e. The van der Waals surface area contributed by atoms with Crippen LogP contribution in [-0.2, 0) is 4.79 Å². The molecule has 0 atom stereocenters. The van der Waals surface area contributed by atoms with Gasteiger partial charge in [0.15, 0.2) is 0 Å². The highest BCUT2D eigenvalue weighted by Crippen LogP contribution is 2.23. The highest BCUT2D eigenvalue weighted by Gasteiger charge is 2.30. The van der Waals surface area contributed by atoms with Gasteiger partial charge in [0.25, 0.3) is 0 Å². The first kappa shape index (κ1) is 17.4. The average Bonchev–Trinajstić information content (AvgIpc) is 2.38. The van der Waals surface area contributed by atoms with Gasteiger partial charge in [-0.2, -0.15) is 0 Å². The normalized spacial score (nSPS) is 11.9. The summed E-state index contributed by atoms with van der Waals surface area (Å²) in [6.45, 7) is 9.21. The molecule has 4 heteroatoms. The van der Waals surface area contributed by atoms with Crippen LogP contribution in [0.1, 0.15) is 46.5 Å². The molecule has 108 valence electrons. The first-order valence-corrected chi connectivity index (χ1v) is 7.12. The van der Waals surface area contributed by atoms with Crippen molar-refractivity contribution < 1.29 is 4.79 Å². The van der Waals surface area contributed by atoms with Gasteiger partial charge in [-0.05, 0) is 32.4 Å². The quantitative estimate of drug-likeness (QED) is 0.684. The van der Waals surface area contributed by atoms with Crippen molar-refractivity contribution >= 4 is 5.91 Å². The Hall–Kier alpha value is -0.610. The fraction of sp³-hybridized carbons (Fsp3) is 0.929. The van der Waals surface area contributed by atoms with Gasteiger partial charge in [0.1, 0.15) is 0 Å². The zero-order valence-corrected chi connectivity index (χ0v) is 12.8. The maximum absolute atomic E-state index is 11.6. The van der Waals surface area contributed by atoms with E-state index in [1.165, 1.54) is 0 Å². The minimum absolute atomic E-state index is 0.107. The lowest BCUT2D eigenvalue weighted by molar-refractivity contribution is -0.128. The third-order valence-corrected chi connectivity index (χ3v) is 4.07.